The molecule has 204 valence electrons. The fraction of sp³-hybridized carbons (Fsp3) is 0.310. The number of furan rings is 1. The quantitative estimate of drug-likeness (QED) is 0.272. The van der Waals surface area contributed by atoms with Gasteiger partial charge in [0, 0.05) is 6.61 Å². The van der Waals surface area contributed by atoms with E-state index in [1.165, 1.54) is 30.5 Å². The monoisotopic (exact) mass is 551 g/mol. The number of hydrogen-bond acceptors (Lipinski definition) is 6. The van der Waals surface area contributed by atoms with Gasteiger partial charge in [0.25, 0.3) is 0 Å². The van der Waals surface area contributed by atoms with Crippen molar-refractivity contribution in [1.29, 1.82) is 0 Å². The Hall–Kier alpha value is -3.76. The van der Waals surface area contributed by atoms with E-state index in [9.17, 15) is 17.6 Å². The second-order valence-corrected chi connectivity index (χ2v) is 11.5. The van der Waals surface area contributed by atoms with Crippen LogP contribution in [-0.4, -0.2) is 41.5 Å². The third-order valence-corrected chi connectivity index (χ3v) is 8.29. The molecule has 1 saturated heterocycles. The second kappa shape index (κ2) is 12.0. The largest absolute Gasteiger partial charge is 0.467 e. The van der Waals surface area contributed by atoms with E-state index in [1.807, 2.05) is 30.3 Å². The summed E-state index contributed by atoms with van der Waals surface area (Å²) >= 11 is 0. The van der Waals surface area contributed by atoms with Gasteiger partial charge in [-0.05, 0) is 48.2 Å². The van der Waals surface area contributed by atoms with E-state index in [0.717, 1.165) is 18.4 Å². The van der Waals surface area contributed by atoms with E-state index in [4.69, 9.17) is 9.15 Å². The number of nitrogens with zero attached hydrogens (tertiary/aromatic N) is 3. The molecule has 0 aliphatic carbocycles. The summed E-state index contributed by atoms with van der Waals surface area (Å²) in [4.78, 5) is 19.4. The lowest BCUT2D eigenvalue weighted by atomic mass is 10.1. The number of rotatable bonds is 11. The average molecular weight is 552 g/mol. The summed E-state index contributed by atoms with van der Waals surface area (Å²) < 4.78 is 53.4. The number of halogens is 1. The summed E-state index contributed by atoms with van der Waals surface area (Å²) in [6.45, 7) is 1.28. The molecule has 1 aliphatic heterocycles. The third-order valence-electron chi connectivity index (χ3n) is 6.69. The number of sulfone groups is 1. The average Bonchev–Trinajstić information content (AvgIpc) is 3.70. The molecule has 0 N–H and O–H groups in total. The van der Waals surface area contributed by atoms with E-state index in [-0.39, 0.29) is 42.4 Å². The lowest BCUT2D eigenvalue weighted by Crippen LogP contribution is -2.33. The van der Waals surface area contributed by atoms with Gasteiger partial charge in [-0.25, -0.2) is 17.8 Å². The van der Waals surface area contributed by atoms with Gasteiger partial charge >= 0.3 is 0 Å². The molecule has 0 spiro atoms. The Morgan fingerprint density at radius 2 is 1.82 bits per heavy atom. The topological polar surface area (TPSA) is 94.6 Å². The highest BCUT2D eigenvalue weighted by Gasteiger charge is 2.28. The highest BCUT2D eigenvalue weighted by Crippen LogP contribution is 2.23. The number of imidazole rings is 1. The van der Waals surface area contributed by atoms with Gasteiger partial charge in [-0.15, -0.1) is 0 Å². The van der Waals surface area contributed by atoms with Gasteiger partial charge in [0.1, 0.15) is 11.6 Å². The van der Waals surface area contributed by atoms with Gasteiger partial charge < -0.3 is 18.6 Å². The minimum Gasteiger partial charge on any atom is -0.467 e. The molecule has 5 rings (SSSR count). The Morgan fingerprint density at radius 3 is 2.51 bits per heavy atom. The lowest BCUT2D eigenvalue weighted by molar-refractivity contribution is -0.132. The fourth-order valence-electron chi connectivity index (χ4n) is 4.72. The molecular formula is C29H30FN3O5S. The molecule has 1 amide bonds. The normalized spacial score (nSPS) is 15.5. The minimum absolute atomic E-state index is 0.0919. The lowest BCUT2D eigenvalue weighted by Gasteiger charge is -2.24. The van der Waals surface area contributed by atoms with Gasteiger partial charge in [-0.1, -0.05) is 42.5 Å². The van der Waals surface area contributed by atoms with Crippen molar-refractivity contribution >= 4 is 15.7 Å². The molecule has 1 unspecified atom stereocenters. The Balaban J connectivity index is 1.45. The predicted octanol–water partition coefficient (Wildman–Crippen LogP) is 4.54. The van der Waals surface area contributed by atoms with E-state index in [0.29, 0.717) is 30.2 Å². The molecular weight excluding hydrogens is 521 g/mol. The van der Waals surface area contributed by atoms with Crippen molar-refractivity contribution in [1.82, 2.24) is 14.5 Å². The first kappa shape index (κ1) is 26.8. The Kier molecular flexibility index (Phi) is 8.23. The Morgan fingerprint density at radius 1 is 1.03 bits per heavy atom. The number of amides is 1. The summed E-state index contributed by atoms with van der Waals surface area (Å²) in [6, 6.07) is 18.4. The minimum atomic E-state index is -3.88. The van der Waals surface area contributed by atoms with Crippen molar-refractivity contribution in [2.45, 2.75) is 55.9 Å². The molecule has 2 aromatic carbocycles. The Labute approximate surface area is 227 Å². The van der Waals surface area contributed by atoms with Crippen LogP contribution in [0, 0.1) is 5.82 Å². The van der Waals surface area contributed by atoms with Crippen molar-refractivity contribution in [2.24, 2.45) is 0 Å². The molecule has 1 aliphatic rings. The summed E-state index contributed by atoms with van der Waals surface area (Å²) in [6.07, 6.45) is 4.80. The fourth-order valence-corrected chi connectivity index (χ4v) is 6.22. The van der Waals surface area contributed by atoms with Gasteiger partial charge in [-0.2, -0.15) is 0 Å². The second-order valence-electron chi connectivity index (χ2n) is 9.65. The maximum atomic E-state index is 13.5. The zero-order chi connectivity index (χ0) is 27.2. The number of hydrogen-bond donors (Lipinski definition) is 0. The van der Waals surface area contributed by atoms with Crippen LogP contribution >= 0.6 is 0 Å². The molecule has 0 saturated carbocycles. The first-order valence-corrected chi connectivity index (χ1v) is 14.5. The van der Waals surface area contributed by atoms with E-state index >= 15 is 0 Å². The SMILES string of the molecule is O=C(Cc1ccccc1)N(Cc1ccco1)Cc1cnc(S(=O)(=O)Cc2ccc(F)cc2)n1CC1CCCO1. The van der Waals surface area contributed by atoms with Gasteiger partial charge in [-0.3, -0.25) is 4.79 Å². The van der Waals surface area contributed by atoms with Crippen molar-refractivity contribution in [3.8, 4) is 0 Å². The summed E-state index contributed by atoms with van der Waals surface area (Å²) in [5.41, 5.74) is 1.92. The maximum absolute atomic E-state index is 13.5. The molecule has 10 heteroatoms. The molecule has 1 fully saturated rings. The molecule has 39 heavy (non-hydrogen) atoms. The van der Waals surface area contributed by atoms with Gasteiger partial charge in [0.05, 0.1) is 56.1 Å². The van der Waals surface area contributed by atoms with Crippen LogP contribution in [0.25, 0.3) is 0 Å². The predicted molar refractivity (Wildman–Crippen MR) is 142 cm³/mol. The number of carbonyl (C=O) groups is 1. The number of carbonyl (C=O) groups excluding carboxylic acids is 1. The number of aromatic nitrogens is 2. The number of benzene rings is 2. The molecule has 8 nitrogen and oxygen atoms in total. The van der Waals surface area contributed by atoms with Crippen molar-refractivity contribution in [2.75, 3.05) is 6.61 Å². The molecule has 3 heterocycles. The maximum Gasteiger partial charge on any atom is 0.228 e. The van der Waals surface area contributed by atoms with Crippen LogP contribution in [0.1, 0.15) is 35.4 Å². The van der Waals surface area contributed by atoms with Crippen molar-refractivity contribution < 1.29 is 26.8 Å². The summed E-state index contributed by atoms with van der Waals surface area (Å²) in [7, 11) is -3.88. The summed E-state index contributed by atoms with van der Waals surface area (Å²) in [5, 5.41) is -0.0919. The molecule has 0 bridgehead atoms. The van der Waals surface area contributed by atoms with Crippen LogP contribution in [0.2, 0.25) is 0 Å². The Bertz CT molecular complexity index is 1480. The van der Waals surface area contributed by atoms with Gasteiger partial charge in [0.15, 0.2) is 0 Å². The van der Waals surface area contributed by atoms with Crippen molar-refractivity contribution in [3.05, 3.63) is 108 Å². The zero-order valence-corrected chi connectivity index (χ0v) is 22.2. The van der Waals surface area contributed by atoms with E-state index < -0.39 is 15.7 Å². The molecule has 2 aromatic heterocycles. The molecule has 1 atom stereocenters. The van der Waals surface area contributed by atoms with Crippen LogP contribution in [-0.2, 0) is 51.2 Å². The highest BCUT2D eigenvalue weighted by molar-refractivity contribution is 7.90. The molecule has 0 radical (unpaired) electrons. The smallest absolute Gasteiger partial charge is 0.228 e. The highest BCUT2D eigenvalue weighted by atomic mass is 32.2. The van der Waals surface area contributed by atoms with Crippen LogP contribution in [0.15, 0.2) is 88.8 Å². The van der Waals surface area contributed by atoms with E-state index in [2.05, 4.69) is 4.98 Å². The first-order valence-electron chi connectivity index (χ1n) is 12.8. The number of ether oxygens (including phenoxy) is 1. The van der Waals surface area contributed by atoms with Crippen LogP contribution in [0.5, 0.6) is 0 Å². The van der Waals surface area contributed by atoms with Crippen LogP contribution in [0.3, 0.4) is 0 Å². The van der Waals surface area contributed by atoms with Gasteiger partial charge in [0.2, 0.25) is 20.9 Å². The van der Waals surface area contributed by atoms with Crippen LogP contribution in [0.4, 0.5) is 4.39 Å². The standard InChI is InChI=1S/C29H30FN3O5S/c30-24-12-10-23(11-13-24)21-39(35,36)29-31-17-25(33(29)20-27-9-5-15-38-27)18-32(19-26-8-4-14-37-26)28(34)16-22-6-2-1-3-7-22/h1-4,6-8,10-14,17,27H,5,9,15-16,18-21H2. The first-order chi connectivity index (χ1) is 18.9. The van der Waals surface area contributed by atoms with Crippen LogP contribution < -0.4 is 0 Å². The zero-order valence-electron chi connectivity index (χ0n) is 21.4. The third kappa shape index (κ3) is 6.82. The summed E-state index contributed by atoms with van der Waals surface area (Å²) in [5.74, 6) is -0.266. The molecule has 4 aromatic rings. The van der Waals surface area contributed by atoms with Crippen molar-refractivity contribution in [3.63, 3.8) is 0 Å². The van der Waals surface area contributed by atoms with E-state index in [1.54, 1.807) is 27.9 Å².